The minimum Gasteiger partial charge on any atom is -0.497 e. The molecule has 1 atom stereocenters. The predicted octanol–water partition coefficient (Wildman–Crippen LogP) is 2.56. The number of rotatable bonds is 6. The lowest BCUT2D eigenvalue weighted by Gasteiger charge is -2.23. The van der Waals surface area contributed by atoms with Gasteiger partial charge in [0.2, 0.25) is 5.91 Å². The summed E-state index contributed by atoms with van der Waals surface area (Å²) in [5.41, 5.74) is 0.997. The lowest BCUT2D eigenvalue weighted by Crippen LogP contribution is -2.33. The molecule has 0 N–H and O–H groups in total. The number of benzene rings is 1. The topological polar surface area (TPSA) is 53.3 Å². The van der Waals surface area contributed by atoms with Gasteiger partial charge in [-0.25, -0.2) is 0 Å². The van der Waals surface area contributed by atoms with Gasteiger partial charge in [-0.15, -0.1) is 11.6 Å². The minimum atomic E-state index is -0.341. The predicted molar refractivity (Wildman–Crippen MR) is 74.0 cm³/mol. The largest absolute Gasteiger partial charge is 0.497 e. The number of alkyl halides is 1. The van der Waals surface area contributed by atoms with Crippen LogP contribution in [0.15, 0.2) is 24.3 Å². The lowest BCUT2D eigenvalue weighted by molar-refractivity contribution is -0.129. The molecule has 0 aliphatic heterocycles. The summed E-state index contributed by atoms with van der Waals surface area (Å²) >= 11 is 6.00. The Bertz CT molecular complexity index is 454. The second kappa shape index (κ2) is 7.65. The SMILES string of the molecule is COc1ccc(CN(CC(Cl)CC#N)C(C)=O)cc1. The molecule has 0 heterocycles. The highest BCUT2D eigenvalue weighted by Gasteiger charge is 2.14. The maximum absolute atomic E-state index is 11.6. The van der Waals surface area contributed by atoms with E-state index in [1.165, 1.54) is 6.92 Å². The number of methoxy groups -OCH3 is 1. The number of hydrogen-bond donors (Lipinski definition) is 0. The normalized spacial score (nSPS) is 11.5. The lowest BCUT2D eigenvalue weighted by atomic mass is 10.2. The van der Waals surface area contributed by atoms with Gasteiger partial charge in [0, 0.05) is 20.0 Å². The van der Waals surface area contributed by atoms with Crippen molar-refractivity contribution in [3.8, 4) is 11.8 Å². The summed E-state index contributed by atoms with van der Waals surface area (Å²) in [6.45, 7) is 2.35. The third-order valence-corrected chi connectivity index (χ3v) is 3.00. The van der Waals surface area contributed by atoms with E-state index in [1.54, 1.807) is 12.0 Å². The Morgan fingerprint density at radius 2 is 2.11 bits per heavy atom. The van der Waals surface area contributed by atoms with E-state index in [1.807, 2.05) is 30.3 Å². The first-order valence-corrected chi connectivity index (χ1v) is 6.40. The molecule has 0 spiro atoms. The average molecular weight is 281 g/mol. The molecule has 0 aliphatic carbocycles. The highest BCUT2D eigenvalue weighted by molar-refractivity contribution is 6.21. The van der Waals surface area contributed by atoms with Gasteiger partial charge in [-0.05, 0) is 17.7 Å². The number of amides is 1. The van der Waals surface area contributed by atoms with Crippen LogP contribution in [0, 0.1) is 11.3 Å². The Balaban J connectivity index is 2.67. The summed E-state index contributed by atoms with van der Waals surface area (Å²) in [5.74, 6) is 0.720. The molecule has 5 heteroatoms. The first-order valence-electron chi connectivity index (χ1n) is 5.96. The number of carbonyl (C=O) groups is 1. The zero-order valence-electron chi connectivity index (χ0n) is 11.1. The van der Waals surface area contributed by atoms with Crippen LogP contribution in [0.25, 0.3) is 0 Å². The van der Waals surface area contributed by atoms with Gasteiger partial charge in [0.1, 0.15) is 5.75 Å². The van der Waals surface area contributed by atoms with E-state index in [0.29, 0.717) is 13.1 Å². The van der Waals surface area contributed by atoms with Crippen LogP contribution in [0.1, 0.15) is 18.9 Å². The zero-order chi connectivity index (χ0) is 14.3. The molecule has 0 saturated carbocycles. The molecule has 0 fully saturated rings. The maximum Gasteiger partial charge on any atom is 0.219 e. The van der Waals surface area contributed by atoms with Gasteiger partial charge in [-0.2, -0.15) is 5.26 Å². The number of halogens is 1. The molecule has 4 nitrogen and oxygen atoms in total. The molecule has 1 aromatic rings. The summed E-state index contributed by atoms with van der Waals surface area (Å²) in [4.78, 5) is 13.2. The Morgan fingerprint density at radius 1 is 1.47 bits per heavy atom. The third-order valence-electron chi connectivity index (χ3n) is 2.71. The highest BCUT2D eigenvalue weighted by Crippen LogP contribution is 2.14. The van der Waals surface area contributed by atoms with Crippen molar-refractivity contribution < 1.29 is 9.53 Å². The Hall–Kier alpha value is -1.73. The van der Waals surface area contributed by atoms with Crippen molar-refractivity contribution in [3.05, 3.63) is 29.8 Å². The molecule has 0 bridgehead atoms. The van der Waals surface area contributed by atoms with E-state index in [2.05, 4.69) is 0 Å². The number of nitriles is 1. The van der Waals surface area contributed by atoms with Crippen molar-refractivity contribution in [1.82, 2.24) is 4.90 Å². The molecule has 0 saturated heterocycles. The highest BCUT2D eigenvalue weighted by atomic mass is 35.5. The summed E-state index contributed by atoms with van der Waals surface area (Å²) in [7, 11) is 1.61. The van der Waals surface area contributed by atoms with Crippen LogP contribution in [0.2, 0.25) is 0 Å². The van der Waals surface area contributed by atoms with Gasteiger partial charge in [0.25, 0.3) is 0 Å². The van der Waals surface area contributed by atoms with E-state index in [4.69, 9.17) is 21.6 Å². The van der Waals surface area contributed by atoms with Crippen molar-refractivity contribution in [3.63, 3.8) is 0 Å². The smallest absolute Gasteiger partial charge is 0.219 e. The van der Waals surface area contributed by atoms with Crippen LogP contribution >= 0.6 is 11.6 Å². The van der Waals surface area contributed by atoms with E-state index < -0.39 is 0 Å². The van der Waals surface area contributed by atoms with Gasteiger partial charge in [0.05, 0.1) is 25.0 Å². The fraction of sp³-hybridized carbons (Fsp3) is 0.429. The molecule has 19 heavy (non-hydrogen) atoms. The van der Waals surface area contributed by atoms with Crippen LogP contribution in [0.3, 0.4) is 0 Å². The van der Waals surface area contributed by atoms with Crippen LogP contribution in [-0.4, -0.2) is 29.8 Å². The minimum absolute atomic E-state index is 0.0561. The molecule has 0 aromatic heterocycles. The van der Waals surface area contributed by atoms with Gasteiger partial charge >= 0.3 is 0 Å². The fourth-order valence-corrected chi connectivity index (χ4v) is 1.89. The second-order valence-electron chi connectivity index (χ2n) is 4.21. The van der Waals surface area contributed by atoms with Gasteiger partial charge in [-0.1, -0.05) is 12.1 Å². The summed E-state index contributed by atoms with van der Waals surface area (Å²) in [5, 5.41) is 8.24. The second-order valence-corrected chi connectivity index (χ2v) is 4.82. The zero-order valence-corrected chi connectivity index (χ0v) is 11.9. The van der Waals surface area contributed by atoms with Crippen molar-refractivity contribution in [2.75, 3.05) is 13.7 Å². The molecule has 1 unspecified atom stereocenters. The molecule has 0 aliphatic rings. The fourth-order valence-electron chi connectivity index (χ4n) is 1.66. The quantitative estimate of drug-likeness (QED) is 0.753. The standard InChI is InChI=1S/C14H17ClN2O2/c1-11(18)17(10-13(15)7-8-16)9-12-3-5-14(19-2)6-4-12/h3-6,13H,7,9-10H2,1-2H3. The van der Waals surface area contributed by atoms with Crippen molar-refractivity contribution in [1.29, 1.82) is 5.26 Å². The molecular weight excluding hydrogens is 264 g/mol. The van der Waals surface area contributed by atoms with Crippen molar-refractivity contribution in [2.45, 2.75) is 25.3 Å². The van der Waals surface area contributed by atoms with E-state index in [-0.39, 0.29) is 17.7 Å². The maximum atomic E-state index is 11.6. The monoisotopic (exact) mass is 280 g/mol. The Morgan fingerprint density at radius 3 is 2.58 bits per heavy atom. The molecule has 1 aromatic carbocycles. The number of carbonyl (C=O) groups excluding carboxylic acids is 1. The van der Waals surface area contributed by atoms with Crippen LogP contribution in [-0.2, 0) is 11.3 Å². The van der Waals surface area contributed by atoms with Gasteiger partial charge in [0.15, 0.2) is 0 Å². The number of ether oxygens (including phenoxy) is 1. The summed E-state index contributed by atoms with van der Waals surface area (Å²) in [6, 6.07) is 9.51. The first kappa shape index (κ1) is 15.3. The molecule has 1 amide bonds. The third kappa shape index (κ3) is 5.19. The molecular formula is C14H17ClN2O2. The summed E-state index contributed by atoms with van der Waals surface area (Å²) < 4.78 is 5.08. The average Bonchev–Trinajstić information content (AvgIpc) is 2.39. The van der Waals surface area contributed by atoms with Gasteiger partial charge in [-0.3, -0.25) is 4.79 Å². The Labute approximate surface area is 118 Å². The van der Waals surface area contributed by atoms with Crippen LogP contribution < -0.4 is 4.74 Å². The first-order chi connectivity index (χ1) is 9.06. The molecule has 102 valence electrons. The molecule has 1 rings (SSSR count). The van der Waals surface area contributed by atoms with Crippen LogP contribution in [0.5, 0.6) is 5.75 Å². The Kier molecular flexibility index (Phi) is 6.17. The van der Waals surface area contributed by atoms with E-state index >= 15 is 0 Å². The summed E-state index contributed by atoms with van der Waals surface area (Å²) in [6.07, 6.45) is 0.230. The van der Waals surface area contributed by atoms with Crippen LogP contribution in [0.4, 0.5) is 0 Å². The molecule has 0 radical (unpaired) electrons. The van der Waals surface area contributed by atoms with E-state index in [9.17, 15) is 4.79 Å². The van der Waals surface area contributed by atoms with E-state index in [0.717, 1.165) is 11.3 Å². The van der Waals surface area contributed by atoms with Crippen molar-refractivity contribution >= 4 is 17.5 Å². The van der Waals surface area contributed by atoms with Crippen molar-refractivity contribution in [2.24, 2.45) is 0 Å². The van der Waals surface area contributed by atoms with Gasteiger partial charge < -0.3 is 9.64 Å². The number of nitrogens with zero attached hydrogens (tertiary/aromatic N) is 2. The number of hydrogen-bond acceptors (Lipinski definition) is 3.